The van der Waals surface area contributed by atoms with Gasteiger partial charge in [-0.3, -0.25) is 4.68 Å². The fourth-order valence-corrected chi connectivity index (χ4v) is 3.15. The molecule has 0 aliphatic heterocycles. The minimum atomic E-state index is -0.168. The highest BCUT2D eigenvalue weighted by molar-refractivity contribution is 7.11. The summed E-state index contributed by atoms with van der Waals surface area (Å²) in [6.07, 6.45) is 4.62. The van der Waals surface area contributed by atoms with Crippen LogP contribution < -0.4 is 10.6 Å². The minimum absolute atomic E-state index is 0.0726. The highest BCUT2D eigenvalue weighted by Crippen LogP contribution is 2.21. The summed E-state index contributed by atoms with van der Waals surface area (Å²) >= 11 is 1.66. The number of urea groups is 1. The van der Waals surface area contributed by atoms with Gasteiger partial charge in [-0.1, -0.05) is 0 Å². The second kappa shape index (κ2) is 7.34. The minimum Gasteiger partial charge on any atom is -0.338 e. The first-order chi connectivity index (χ1) is 11.2. The Morgan fingerprint density at radius 1 is 1.38 bits per heavy atom. The van der Waals surface area contributed by atoms with Gasteiger partial charge in [0, 0.05) is 35.8 Å². The zero-order chi connectivity index (χ0) is 17.9. The van der Waals surface area contributed by atoms with E-state index in [9.17, 15) is 4.79 Å². The van der Waals surface area contributed by atoms with Crippen LogP contribution in [-0.2, 0) is 12.0 Å². The molecule has 2 heterocycles. The fourth-order valence-electron chi connectivity index (χ4n) is 2.37. The zero-order valence-corrected chi connectivity index (χ0v) is 16.1. The Balaban J connectivity index is 1.86. The summed E-state index contributed by atoms with van der Waals surface area (Å²) in [6, 6.07) is -0.262. The van der Waals surface area contributed by atoms with E-state index in [1.165, 1.54) is 4.88 Å². The van der Waals surface area contributed by atoms with Crippen molar-refractivity contribution in [2.24, 2.45) is 0 Å². The summed E-state index contributed by atoms with van der Waals surface area (Å²) in [5.74, 6) is 0. The zero-order valence-electron chi connectivity index (χ0n) is 15.3. The van der Waals surface area contributed by atoms with Crippen LogP contribution in [-0.4, -0.2) is 27.3 Å². The van der Waals surface area contributed by atoms with E-state index >= 15 is 0 Å². The maximum absolute atomic E-state index is 12.1. The Morgan fingerprint density at radius 3 is 2.62 bits per heavy atom. The normalized spacial score (nSPS) is 12.9. The topological polar surface area (TPSA) is 71.8 Å². The van der Waals surface area contributed by atoms with Gasteiger partial charge in [0.05, 0.1) is 22.3 Å². The first-order valence-corrected chi connectivity index (χ1v) is 9.01. The van der Waals surface area contributed by atoms with Gasteiger partial charge < -0.3 is 10.6 Å². The lowest BCUT2D eigenvalue weighted by molar-refractivity contribution is 0.238. The number of aryl methyl sites for hydroxylation is 2. The van der Waals surface area contributed by atoms with Crippen molar-refractivity contribution in [3.63, 3.8) is 0 Å². The summed E-state index contributed by atoms with van der Waals surface area (Å²) in [7, 11) is 0. The summed E-state index contributed by atoms with van der Waals surface area (Å²) < 4.78 is 1.94. The first kappa shape index (κ1) is 18.4. The third-order valence-electron chi connectivity index (χ3n) is 3.73. The van der Waals surface area contributed by atoms with Crippen LogP contribution in [0.1, 0.15) is 54.9 Å². The maximum atomic E-state index is 12.1. The predicted octanol–water partition coefficient (Wildman–Crippen LogP) is 3.31. The van der Waals surface area contributed by atoms with Crippen molar-refractivity contribution in [1.82, 2.24) is 25.4 Å². The molecule has 1 atom stereocenters. The van der Waals surface area contributed by atoms with Crippen LogP contribution in [0.2, 0.25) is 0 Å². The van der Waals surface area contributed by atoms with E-state index in [-0.39, 0.29) is 17.6 Å². The summed E-state index contributed by atoms with van der Waals surface area (Å²) in [4.78, 5) is 17.6. The molecule has 0 saturated carbocycles. The lowest BCUT2D eigenvalue weighted by Crippen LogP contribution is -2.38. The number of carbonyl (C=O) groups excluding carboxylic acids is 1. The third-order valence-corrected chi connectivity index (χ3v) is 4.70. The number of amides is 2. The molecule has 0 aliphatic rings. The molecule has 6 nitrogen and oxygen atoms in total. The number of nitrogens with zero attached hydrogens (tertiary/aromatic N) is 3. The lowest BCUT2D eigenvalue weighted by Gasteiger charge is -2.19. The monoisotopic (exact) mass is 349 g/mol. The van der Waals surface area contributed by atoms with Gasteiger partial charge in [-0.25, -0.2) is 9.78 Å². The molecule has 2 amide bonds. The largest absolute Gasteiger partial charge is 0.338 e. The van der Waals surface area contributed by atoms with Gasteiger partial charge in [-0.2, -0.15) is 5.10 Å². The number of aromatic nitrogens is 3. The van der Waals surface area contributed by atoms with Crippen molar-refractivity contribution in [2.45, 2.75) is 59.5 Å². The predicted molar refractivity (Wildman–Crippen MR) is 97.5 cm³/mol. The number of hydrogen-bond acceptors (Lipinski definition) is 4. The Bertz CT molecular complexity index is 698. The molecular formula is C17H27N5OS. The van der Waals surface area contributed by atoms with E-state index in [2.05, 4.69) is 41.5 Å². The maximum Gasteiger partial charge on any atom is 0.315 e. The van der Waals surface area contributed by atoms with Crippen molar-refractivity contribution in [2.75, 3.05) is 6.54 Å². The Labute approximate surface area is 147 Å². The van der Waals surface area contributed by atoms with E-state index in [1.807, 2.05) is 37.8 Å². The van der Waals surface area contributed by atoms with Crippen LogP contribution in [0.4, 0.5) is 4.79 Å². The van der Waals surface area contributed by atoms with Crippen molar-refractivity contribution < 1.29 is 4.79 Å². The number of nitrogens with one attached hydrogen (secondary N) is 2. The molecule has 7 heteroatoms. The van der Waals surface area contributed by atoms with Gasteiger partial charge in [0.2, 0.25) is 0 Å². The molecule has 2 N–H and O–H groups in total. The van der Waals surface area contributed by atoms with E-state index in [1.54, 1.807) is 11.3 Å². The standard InChI is InChI=1S/C17H27N5OS/c1-11-9-19-15(24-11)7-8-18-16(23)20-12(2)14-10-22(17(4,5)6)21-13(14)3/h9-10,12H,7-8H2,1-6H3,(H2,18,20,23)/t12-/m1/s1. The van der Waals surface area contributed by atoms with E-state index < -0.39 is 0 Å². The number of thiazole rings is 1. The Morgan fingerprint density at radius 2 is 2.08 bits per heavy atom. The SMILES string of the molecule is Cc1cnc(CCNC(=O)N[C@H](C)c2cn(C(C)(C)C)nc2C)s1. The number of carbonyl (C=O) groups is 1. The number of hydrogen-bond donors (Lipinski definition) is 2. The van der Waals surface area contributed by atoms with Crippen molar-refractivity contribution in [1.29, 1.82) is 0 Å². The quantitative estimate of drug-likeness (QED) is 0.870. The summed E-state index contributed by atoms with van der Waals surface area (Å²) in [5.41, 5.74) is 1.91. The van der Waals surface area contributed by atoms with Gasteiger partial charge in [-0.15, -0.1) is 11.3 Å². The van der Waals surface area contributed by atoms with Crippen LogP contribution in [0, 0.1) is 13.8 Å². The summed E-state index contributed by atoms with van der Waals surface area (Å²) in [5, 5.41) is 11.5. The van der Waals surface area contributed by atoms with Crippen LogP contribution >= 0.6 is 11.3 Å². The molecule has 0 saturated heterocycles. The molecular weight excluding hydrogens is 322 g/mol. The average Bonchev–Trinajstić information content (AvgIpc) is 3.04. The fraction of sp³-hybridized carbons (Fsp3) is 0.588. The molecule has 0 aliphatic carbocycles. The Hall–Kier alpha value is -1.89. The van der Waals surface area contributed by atoms with Gasteiger partial charge in [0.25, 0.3) is 0 Å². The second-order valence-electron chi connectivity index (χ2n) is 7.02. The molecule has 2 aromatic rings. The molecule has 0 radical (unpaired) electrons. The summed E-state index contributed by atoms with van der Waals surface area (Å²) in [6.45, 7) is 12.9. The average molecular weight is 350 g/mol. The third kappa shape index (κ3) is 4.80. The van der Waals surface area contributed by atoms with Crippen LogP contribution in [0.15, 0.2) is 12.4 Å². The van der Waals surface area contributed by atoms with E-state index in [4.69, 9.17) is 0 Å². The molecule has 0 bridgehead atoms. The smallest absolute Gasteiger partial charge is 0.315 e. The van der Waals surface area contributed by atoms with Crippen molar-refractivity contribution in [3.8, 4) is 0 Å². The van der Waals surface area contributed by atoms with Crippen LogP contribution in [0.25, 0.3) is 0 Å². The van der Waals surface area contributed by atoms with Crippen LogP contribution in [0.5, 0.6) is 0 Å². The molecule has 132 valence electrons. The highest BCUT2D eigenvalue weighted by Gasteiger charge is 2.20. The van der Waals surface area contributed by atoms with Gasteiger partial charge >= 0.3 is 6.03 Å². The van der Waals surface area contributed by atoms with Gasteiger partial charge in [0.1, 0.15) is 0 Å². The first-order valence-electron chi connectivity index (χ1n) is 8.19. The van der Waals surface area contributed by atoms with E-state index in [0.29, 0.717) is 6.54 Å². The number of rotatable bonds is 5. The molecule has 0 fully saturated rings. The lowest BCUT2D eigenvalue weighted by atomic mass is 10.1. The molecule has 24 heavy (non-hydrogen) atoms. The van der Waals surface area contributed by atoms with E-state index in [0.717, 1.165) is 22.7 Å². The molecule has 2 rings (SSSR count). The van der Waals surface area contributed by atoms with Gasteiger partial charge in [-0.05, 0) is 41.5 Å². The van der Waals surface area contributed by atoms with Crippen molar-refractivity contribution in [3.05, 3.63) is 33.5 Å². The molecule has 0 aromatic carbocycles. The molecule has 0 spiro atoms. The highest BCUT2D eigenvalue weighted by atomic mass is 32.1. The van der Waals surface area contributed by atoms with Gasteiger partial charge in [0.15, 0.2) is 0 Å². The molecule has 2 aromatic heterocycles. The second-order valence-corrected chi connectivity index (χ2v) is 8.34. The Kier molecular flexibility index (Phi) is 5.64. The molecule has 0 unspecified atom stereocenters. The van der Waals surface area contributed by atoms with Crippen LogP contribution in [0.3, 0.4) is 0 Å². The van der Waals surface area contributed by atoms with Crippen molar-refractivity contribution >= 4 is 17.4 Å².